The zero-order valence-electron chi connectivity index (χ0n) is 20.9. The Morgan fingerprint density at radius 1 is 1.35 bits per heavy atom. The number of carbonyl (C=O) groups excluding carboxylic acids is 1. The van der Waals surface area contributed by atoms with Crippen molar-refractivity contribution in [1.82, 2.24) is 4.98 Å². The number of aromatic nitrogens is 1. The van der Waals surface area contributed by atoms with Crippen molar-refractivity contribution in [3.63, 3.8) is 0 Å². The zero-order chi connectivity index (χ0) is 26.3. The molecule has 0 bridgehead atoms. The summed E-state index contributed by atoms with van der Waals surface area (Å²) < 4.78 is 32.8. The topological polar surface area (TPSA) is 97.1 Å². The van der Waals surface area contributed by atoms with Crippen LogP contribution in [0.1, 0.15) is 49.3 Å². The Morgan fingerprint density at radius 2 is 2.16 bits per heavy atom. The van der Waals surface area contributed by atoms with Gasteiger partial charge in [0.2, 0.25) is 0 Å². The molecule has 3 heterocycles. The number of hydrogen-bond donors (Lipinski definition) is 2. The molecule has 8 nitrogen and oxygen atoms in total. The van der Waals surface area contributed by atoms with Gasteiger partial charge in [-0.15, -0.1) is 0 Å². The van der Waals surface area contributed by atoms with Gasteiger partial charge in [-0.1, -0.05) is 26.5 Å². The van der Waals surface area contributed by atoms with Crippen LogP contribution >= 0.6 is 0 Å². The highest BCUT2D eigenvalue weighted by atomic mass is 19.1. The second kappa shape index (κ2) is 9.31. The van der Waals surface area contributed by atoms with Crippen LogP contribution in [0.25, 0.3) is 0 Å². The van der Waals surface area contributed by atoms with Crippen LogP contribution in [0, 0.1) is 11.2 Å². The van der Waals surface area contributed by atoms with Crippen LogP contribution in [-0.4, -0.2) is 29.2 Å². The van der Waals surface area contributed by atoms with E-state index in [2.05, 4.69) is 30.7 Å². The number of ether oxygens (including phenoxy) is 2. The Kier molecular flexibility index (Phi) is 6.15. The normalized spacial score (nSPS) is 18.2. The fourth-order valence-corrected chi connectivity index (χ4v) is 4.57. The van der Waals surface area contributed by atoms with E-state index in [0.717, 1.165) is 12.0 Å². The van der Waals surface area contributed by atoms with Gasteiger partial charge in [-0.2, -0.15) is 0 Å². The molecule has 2 N–H and O–H groups in total. The third-order valence-electron chi connectivity index (χ3n) is 6.26. The van der Waals surface area contributed by atoms with Crippen LogP contribution in [0.4, 0.5) is 15.8 Å². The number of carbonyl (C=O) groups is 1. The number of para-hydroxylation sites is 1. The number of oxazole rings is 1. The van der Waals surface area contributed by atoms with Crippen LogP contribution < -0.4 is 15.0 Å². The molecule has 2 aliphatic rings. The van der Waals surface area contributed by atoms with Crippen molar-refractivity contribution in [2.24, 2.45) is 5.41 Å². The number of rotatable bonds is 5. The first kappa shape index (κ1) is 24.4. The molecule has 37 heavy (non-hydrogen) atoms. The lowest BCUT2D eigenvalue weighted by Gasteiger charge is -2.37. The smallest absolute Gasteiger partial charge is 0.281 e. The Bertz CT molecular complexity index is 1400. The van der Waals surface area contributed by atoms with Gasteiger partial charge >= 0.3 is 0 Å². The summed E-state index contributed by atoms with van der Waals surface area (Å²) in [5, 5.41) is 14.1. The quantitative estimate of drug-likeness (QED) is 0.327. The third kappa shape index (κ3) is 4.64. The average molecular weight is 506 g/mol. The zero-order valence-corrected chi connectivity index (χ0v) is 20.9. The molecule has 0 saturated carbocycles. The van der Waals surface area contributed by atoms with Crippen LogP contribution in [0.15, 0.2) is 77.1 Å². The summed E-state index contributed by atoms with van der Waals surface area (Å²) in [5.74, 6) is -0.456. The summed E-state index contributed by atoms with van der Waals surface area (Å²) in [6.07, 6.45) is 2.94. The summed E-state index contributed by atoms with van der Waals surface area (Å²) in [7, 11) is 0. The number of aromatic hydroxyl groups is 1. The minimum absolute atomic E-state index is 0.0290. The number of anilines is 2. The predicted octanol–water partition coefficient (Wildman–Crippen LogP) is 5.95. The Hall–Kier alpha value is -4.27. The molecule has 192 valence electrons. The van der Waals surface area contributed by atoms with Crippen LogP contribution in [0.2, 0.25) is 0 Å². The minimum Gasteiger partial charge on any atom is -0.506 e. The van der Waals surface area contributed by atoms with E-state index in [1.807, 2.05) is 6.92 Å². The minimum atomic E-state index is -0.999. The molecule has 0 spiro atoms. The SMILES string of the molecule is C=C(C)COc1ccc(C2C3=C(CC(C)(C)CO3)Nc3c(O)cccc3N2C(=O)c2cocn2)c(F)c1. The van der Waals surface area contributed by atoms with Gasteiger partial charge in [-0.05, 0) is 43.2 Å². The molecule has 2 aromatic carbocycles. The number of benzene rings is 2. The second-order valence-electron chi connectivity index (χ2n) is 10.1. The lowest BCUT2D eigenvalue weighted by molar-refractivity contribution is 0.0756. The maximum Gasteiger partial charge on any atom is 0.281 e. The van der Waals surface area contributed by atoms with Crippen LogP contribution in [0.3, 0.4) is 0 Å². The fraction of sp³-hybridized carbons (Fsp3) is 0.286. The van der Waals surface area contributed by atoms with Gasteiger partial charge < -0.3 is 24.3 Å². The molecular weight excluding hydrogens is 477 g/mol. The van der Waals surface area contributed by atoms with E-state index in [1.54, 1.807) is 24.3 Å². The lowest BCUT2D eigenvalue weighted by atomic mass is 9.85. The Morgan fingerprint density at radius 3 is 2.86 bits per heavy atom. The third-order valence-corrected chi connectivity index (χ3v) is 6.26. The van der Waals surface area contributed by atoms with Crippen molar-refractivity contribution in [3.05, 3.63) is 89.7 Å². The maximum absolute atomic E-state index is 15.8. The summed E-state index contributed by atoms with van der Waals surface area (Å²) in [4.78, 5) is 19.3. The summed E-state index contributed by atoms with van der Waals surface area (Å²) in [6.45, 7) is 10.3. The highest BCUT2D eigenvalue weighted by molar-refractivity contribution is 6.08. The van der Waals surface area contributed by atoms with E-state index < -0.39 is 17.8 Å². The lowest BCUT2D eigenvalue weighted by Crippen LogP contribution is -2.39. The number of hydrogen-bond acceptors (Lipinski definition) is 7. The van der Waals surface area contributed by atoms with Crippen LogP contribution in [0.5, 0.6) is 11.5 Å². The standard InChI is InChI=1S/C28H28FN3O5/c1-16(2)12-36-17-8-9-18(19(29)10-17)25-26-20(11-28(3,4)14-37-26)31-24-22(6-5-7-23(24)33)32(25)27(34)21-13-35-15-30-21/h5-10,13,15,25,31,33H,1,11-12,14H2,2-4H3. The number of amides is 1. The number of nitrogens with one attached hydrogen (secondary N) is 1. The van der Waals surface area contributed by atoms with Gasteiger partial charge in [-0.25, -0.2) is 9.37 Å². The van der Waals surface area contributed by atoms with E-state index in [1.165, 1.54) is 23.3 Å². The average Bonchev–Trinajstić information content (AvgIpc) is 3.34. The summed E-state index contributed by atoms with van der Waals surface area (Å²) >= 11 is 0. The number of halogens is 1. The molecule has 1 aromatic heterocycles. The number of phenolic OH excluding ortho intramolecular Hbond substituents is 1. The van der Waals surface area contributed by atoms with Gasteiger partial charge in [0, 0.05) is 17.0 Å². The molecular formula is C28H28FN3O5. The molecule has 0 fully saturated rings. The van der Waals surface area contributed by atoms with E-state index in [9.17, 15) is 9.90 Å². The molecule has 0 aliphatic carbocycles. The van der Waals surface area contributed by atoms with Gasteiger partial charge in [0.1, 0.15) is 47.7 Å². The predicted molar refractivity (Wildman–Crippen MR) is 136 cm³/mol. The largest absolute Gasteiger partial charge is 0.506 e. The first-order valence-electron chi connectivity index (χ1n) is 11.9. The molecule has 9 heteroatoms. The van der Waals surface area contributed by atoms with Crippen molar-refractivity contribution in [2.75, 3.05) is 23.4 Å². The van der Waals surface area contributed by atoms with Gasteiger partial charge in [0.05, 0.1) is 18.0 Å². The van der Waals surface area contributed by atoms with E-state index in [0.29, 0.717) is 41.6 Å². The fourth-order valence-electron chi connectivity index (χ4n) is 4.57. The number of phenols is 1. The van der Waals surface area contributed by atoms with Gasteiger partial charge in [-0.3, -0.25) is 9.69 Å². The monoisotopic (exact) mass is 505 g/mol. The highest BCUT2D eigenvalue weighted by Gasteiger charge is 2.43. The van der Waals surface area contributed by atoms with Crippen molar-refractivity contribution >= 4 is 17.3 Å². The van der Waals surface area contributed by atoms with Gasteiger partial charge in [0.15, 0.2) is 12.1 Å². The number of fused-ring (bicyclic) bond motifs is 1. The Labute approximate surface area is 214 Å². The van der Waals surface area contributed by atoms with E-state index in [-0.39, 0.29) is 29.0 Å². The number of allylic oxidation sites excluding steroid dienone is 1. The molecule has 3 aromatic rings. The van der Waals surface area contributed by atoms with Crippen molar-refractivity contribution in [3.8, 4) is 11.5 Å². The molecule has 1 amide bonds. The van der Waals surface area contributed by atoms with Crippen molar-refractivity contribution < 1.29 is 28.2 Å². The maximum atomic E-state index is 15.8. The number of nitrogens with zero attached hydrogens (tertiary/aromatic N) is 2. The molecule has 0 radical (unpaired) electrons. The van der Waals surface area contributed by atoms with E-state index >= 15 is 4.39 Å². The van der Waals surface area contributed by atoms with Crippen molar-refractivity contribution in [2.45, 2.75) is 33.2 Å². The Balaban J connectivity index is 1.72. The first-order valence-corrected chi connectivity index (χ1v) is 11.9. The summed E-state index contributed by atoms with van der Waals surface area (Å²) in [6, 6.07) is 8.34. The molecule has 0 saturated heterocycles. The molecule has 2 aliphatic heterocycles. The van der Waals surface area contributed by atoms with Crippen LogP contribution in [-0.2, 0) is 4.74 Å². The summed E-state index contributed by atoms with van der Waals surface area (Å²) in [5.41, 5.74) is 2.11. The second-order valence-corrected chi connectivity index (χ2v) is 10.1. The molecule has 5 rings (SSSR count). The van der Waals surface area contributed by atoms with Crippen molar-refractivity contribution in [1.29, 1.82) is 0 Å². The highest BCUT2D eigenvalue weighted by Crippen LogP contribution is 2.50. The molecule has 1 atom stereocenters. The van der Waals surface area contributed by atoms with E-state index in [4.69, 9.17) is 13.9 Å². The first-order chi connectivity index (χ1) is 17.6. The van der Waals surface area contributed by atoms with Gasteiger partial charge in [0.25, 0.3) is 5.91 Å². The molecule has 1 unspecified atom stereocenters.